The van der Waals surface area contributed by atoms with Gasteiger partial charge in [0.05, 0.1) is 15.9 Å². The molecule has 29 heavy (non-hydrogen) atoms. The molecular formula is C19H13N3O6S. The van der Waals surface area contributed by atoms with Gasteiger partial charge in [-0.05, 0) is 42.1 Å². The van der Waals surface area contributed by atoms with Crippen LogP contribution in [0.3, 0.4) is 0 Å². The van der Waals surface area contributed by atoms with Gasteiger partial charge in [0, 0.05) is 12.6 Å². The Kier molecular flexibility index (Phi) is 4.69. The fourth-order valence-electron chi connectivity index (χ4n) is 2.75. The Labute approximate surface area is 167 Å². The summed E-state index contributed by atoms with van der Waals surface area (Å²) < 4.78 is 6.83. The van der Waals surface area contributed by atoms with E-state index in [-0.39, 0.29) is 34.6 Å². The molecule has 3 N–H and O–H groups in total. The van der Waals surface area contributed by atoms with E-state index in [1.165, 1.54) is 22.8 Å². The summed E-state index contributed by atoms with van der Waals surface area (Å²) in [4.78, 5) is 40.4. The number of thioether (sulfide) groups is 1. The fraction of sp³-hybridized carbons (Fsp3) is 0.0526. The summed E-state index contributed by atoms with van der Waals surface area (Å²) in [6, 6.07) is 10.5. The maximum absolute atomic E-state index is 13.0. The molecule has 0 radical (unpaired) electrons. The van der Waals surface area contributed by atoms with Gasteiger partial charge in [0.25, 0.3) is 17.0 Å². The number of phenolic OH excluding ortho intramolecular Hbond substituents is 2. The Bertz CT molecular complexity index is 1250. The lowest BCUT2D eigenvalue weighted by molar-refractivity contribution is -0.115. The number of hydrogen-bond acceptors (Lipinski definition) is 8. The number of carbonyl (C=O) groups excluding carboxylic acids is 2. The Morgan fingerprint density at radius 3 is 2.66 bits per heavy atom. The molecule has 1 aromatic heterocycles. The normalized spacial score (nSPS) is 15.1. The first kappa shape index (κ1) is 18.6. The average Bonchev–Trinajstić information content (AvgIpc) is 3.01. The van der Waals surface area contributed by atoms with Crippen LogP contribution in [0.25, 0.3) is 11.0 Å². The van der Waals surface area contributed by atoms with E-state index in [2.05, 4.69) is 10.3 Å². The summed E-state index contributed by atoms with van der Waals surface area (Å²) in [5.74, 6) is -1.37. The number of aromatic hydroxyl groups is 2. The van der Waals surface area contributed by atoms with Gasteiger partial charge in [0.1, 0.15) is 5.75 Å². The molecule has 2 amide bonds. The van der Waals surface area contributed by atoms with Crippen molar-refractivity contribution in [1.82, 2.24) is 14.9 Å². The summed E-state index contributed by atoms with van der Waals surface area (Å²) in [6.45, 7) is 0.00280. The van der Waals surface area contributed by atoms with Crippen LogP contribution < -0.4 is 15.6 Å². The van der Waals surface area contributed by atoms with Gasteiger partial charge in [0.2, 0.25) is 0 Å². The van der Waals surface area contributed by atoms with Gasteiger partial charge in [-0.1, -0.05) is 12.1 Å². The number of nitrogens with one attached hydrogen (secondary N) is 1. The smallest absolute Gasteiger partial charge is 0.314 e. The molecule has 1 aliphatic rings. The molecule has 1 aliphatic heterocycles. The third kappa shape index (κ3) is 3.65. The number of imide groups is 1. The summed E-state index contributed by atoms with van der Waals surface area (Å²) in [5.41, 5.74) is 0.368. The number of allylic oxidation sites excluding steroid dienone is 1. The van der Waals surface area contributed by atoms with Crippen molar-refractivity contribution in [3.05, 3.63) is 63.8 Å². The number of hydrogen-bond donors (Lipinski definition) is 3. The highest BCUT2D eigenvalue weighted by molar-refractivity contribution is 8.18. The van der Waals surface area contributed by atoms with Crippen molar-refractivity contribution in [3.8, 4) is 23.1 Å². The number of ether oxygens (including phenoxy) is 1. The highest BCUT2D eigenvalue weighted by Gasteiger charge is 2.25. The second kappa shape index (κ2) is 7.32. The van der Waals surface area contributed by atoms with E-state index in [4.69, 9.17) is 4.74 Å². The molecular weight excluding hydrogens is 398 g/mol. The lowest BCUT2D eigenvalue weighted by Gasteiger charge is -2.12. The third-order valence-electron chi connectivity index (χ3n) is 4.07. The van der Waals surface area contributed by atoms with Crippen molar-refractivity contribution < 1.29 is 24.5 Å². The van der Waals surface area contributed by atoms with E-state index in [1.807, 2.05) is 0 Å². The van der Waals surface area contributed by atoms with E-state index >= 15 is 0 Å². The number of nitrogens with zero attached hydrogens (tertiary/aromatic N) is 2. The summed E-state index contributed by atoms with van der Waals surface area (Å²) in [7, 11) is 0. The molecule has 2 aromatic carbocycles. The zero-order chi connectivity index (χ0) is 20.5. The largest absolute Gasteiger partial charge is 0.508 e. The molecule has 0 spiro atoms. The first-order valence-electron chi connectivity index (χ1n) is 8.35. The minimum absolute atomic E-state index is 0.00280. The molecule has 1 saturated heterocycles. The standard InChI is InChI=1S/C19H13N3O6S/c23-10-5-6-14(13(24)9-10)28-17-18(26)22(12-4-2-1-3-11(12)20-17)8-7-15-16(25)21-19(27)29-15/h1-7,9,23-24H,8H2,(H,21,25,27)/b15-7+. The van der Waals surface area contributed by atoms with Crippen LogP contribution in [-0.4, -0.2) is 30.9 Å². The predicted molar refractivity (Wildman–Crippen MR) is 105 cm³/mol. The third-order valence-corrected chi connectivity index (χ3v) is 4.93. The maximum atomic E-state index is 13.0. The minimum atomic E-state index is -0.595. The lowest BCUT2D eigenvalue weighted by atomic mass is 10.3. The molecule has 9 nitrogen and oxygen atoms in total. The van der Waals surface area contributed by atoms with Crippen LogP contribution in [0.5, 0.6) is 23.1 Å². The van der Waals surface area contributed by atoms with Crippen LogP contribution in [0.15, 0.2) is 58.2 Å². The van der Waals surface area contributed by atoms with Gasteiger partial charge in [-0.25, -0.2) is 4.98 Å². The van der Waals surface area contributed by atoms with Crippen LogP contribution in [0.2, 0.25) is 0 Å². The van der Waals surface area contributed by atoms with E-state index in [0.29, 0.717) is 11.0 Å². The zero-order valence-corrected chi connectivity index (χ0v) is 15.5. The van der Waals surface area contributed by atoms with E-state index < -0.39 is 16.7 Å². The topological polar surface area (TPSA) is 131 Å². The maximum Gasteiger partial charge on any atom is 0.314 e. The quantitative estimate of drug-likeness (QED) is 0.558. The number of fused-ring (bicyclic) bond motifs is 1. The van der Waals surface area contributed by atoms with Gasteiger partial charge < -0.3 is 14.9 Å². The molecule has 146 valence electrons. The monoisotopic (exact) mass is 411 g/mol. The van der Waals surface area contributed by atoms with Crippen molar-refractivity contribution >= 4 is 33.9 Å². The van der Waals surface area contributed by atoms with Crippen LogP contribution >= 0.6 is 11.8 Å². The van der Waals surface area contributed by atoms with Crippen molar-refractivity contribution in [2.75, 3.05) is 0 Å². The van der Waals surface area contributed by atoms with Gasteiger partial charge in [0.15, 0.2) is 11.5 Å². The molecule has 1 fully saturated rings. The number of aromatic nitrogens is 2. The zero-order valence-electron chi connectivity index (χ0n) is 14.7. The Morgan fingerprint density at radius 1 is 1.14 bits per heavy atom. The number of amides is 2. The average molecular weight is 411 g/mol. The van der Waals surface area contributed by atoms with Crippen molar-refractivity contribution in [3.63, 3.8) is 0 Å². The van der Waals surface area contributed by atoms with Gasteiger partial charge in [-0.15, -0.1) is 0 Å². The van der Waals surface area contributed by atoms with Crippen molar-refractivity contribution in [2.45, 2.75) is 6.54 Å². The van der Waals surface area contributed by atoms with Crippen LogP contribution in [0, 0.1) is 0 Å². The van der Waals surface area contributed by atoms with E-state index in [0.717, 1.165) is 17.8 Å². The van der Waals surface area contributed by atoms with Crippen LogP contribution in [-0.2, 0) is 11.3 Å². The minimum Gasteiger partial charge on any atom is -0.508 e. The van der Waals surface area contributed by atoms with Crippen LogP contribution in [0.4, 0.5) is 4.79 Å². The molecule has 0 aliphatic carbocycles. The Balaban J connectivity index is 1.78. The second-order valence-electron chi connectivity index (χ2n) is 5.99. The molecule has 4 rings (SSSR count). The van der Waals surface area contributed by atoms with E-state index in [1.54, 1.807) is 24.3 Å². The molecule has 0 atom stereocenters. The highest BCUT2D eigenvalue weighted by atomic mass is 32.2. The molecule has 0 unspecified atom stereocenters. The fourth-order valence-corrected chi connectivity index (χ4v) is 3.39. The Morgan fingerprint density at radius 2 is 1.93 bits per heavy atom. The first-order valence-corrected chi connectivity index (χ1v) is 9.17. The predicted octanol–water partition coefficient (Wildman–Crippen LogP) is 2.47. The molecule has 3 aromatic rings. The lowest BCUT2D eigenvalue weighted by Crippen LogP contribution is -2.23. The summed E-state index contributed by atoms with van der Waals surface area (Å²) >= 11 is 0.757. The molecule has 0 bridgehead atoms. The number of carbonyl (C=O) groups is 2. The van der Waals surface area contributed by atoms with Gasteiger partial charge in [-0.3, -0.25) is 24.3 Å². The summed E-state index contributed by atoms with van der Waals surface area (Å²) in [6.07, 6.45) is 1.47. The molecule has 10 heteroatoms. The second-order valence-corrected chi connectivity index (χ2v) is 7.00. The number of rotatable bonds is 4. The molecule has 2 heterocycles. The van der Waals surface area contributed by atoms with Crippen molar-refractivity contribution in [1.29, 1.82) is 0 Å². The highest BCUT2D eigenvalue weighted by Crippen LogP contribution is 2.32. The molecule has 0 saturated carbocycles. The number of benzene rings is 2. The number of para-hydroxylation sites is 2. The van der Waals surface area contributed by atoms with Gasteiger partial charge in [-0.2, -0.15) is 0 Å². The summed E-state index contributed by atoms with van der Waals surface area (Å²) in [5, 5.41) is 21.0. The first-order chi connectivity index (χ1) is 13.9. The van der Waals surface area contributed by atoms with Gasteiger partial charge >= 0.3 is 5.56 Å². The van der Waals surface area contributed by atoms with Crippen LogP contribution in [0.1, 0.15) is 0 Å². The SMILES string of the molecule is O=C1NC(=O)/C(=C\Cn2c(=O)c(Oc3ccc(O)cc3O)nc3ccccc32)S1. The van der Waals surface area contributed by atoms with Crippen molar-refractivity contribution in [2.24, 2.45) is 0 Å². The number of phenols is 2. The van der Waals surface area contributed by atoms with E-state index in [9.17, 15) is 24.6 Å². The Hall–Kier alpha value is -3.79.